The van der Waals surface area contributed by atoms with E-state index < -0.39 is 20.8 Å². The Morgan fingerprint density at radius 3 is 2.10 bits per heavy atom. The van der Waals surface area contributed by atoms with Gasteiger partial charge < -0.3 is 0 Å². The molecule has 0 aliphatic heterocycles. The Labute approximate surface area is 192 Å². The van der Waals surface area contributed by atoms with Crippen molar-refractivity contribution in [2.24, 2.45) is 0 Å². The van der Waals surface area contributed by atoms with E-state index in [1.54, 1.807) is 0 Å². The molecule has 148 valence electrons. The molecule has 0 spiro atoms. The third kappa shape index (κ3) is 5.08. The molecule has 0 bridgehead atoms. The van der Waals surface area contributed by atoms with Crippen LogP contribution in [-0.2, 0) is 27.3 Å². The molecule has 4 aromatic rings. The van der Waals surface area contributed by atoms with E-state index in [-0.39, 0.29) is 0 Å². The quantitative estimate of drug-likeness (QED) is 0.246. The average Bonchev–Trinajstić information content (AvgIpc) is 3.17. The fourth-order valence-corrected chi connectivity index (χ4v) is 3.92. The second kappa shape index (κ2) is 10.7. The van der Waals surface area contributed by atoms with E-state index in [9.17, 15) is 0 Å². The topological polar surface area (TPSA) is 0 Å². The zero-order valence-corrected chi connectivity index (χ0v) is 21.0. The van der Waals surface area contributed by atoms with E-state index in [0.717, 1.165) is 6.42 Å². The summed E-state index contributed by atoms with van der Waals surface area (Å²) in [5, 5.41) is 2.74. The van der Waals surface area contributed by atoms with Gasteiger partial charge in [-0.15, -0.1) is 34.5 Å². The van der Waals surface area contributed by atoms with Crippen LogP contribution < -0.4 is 0 Å². The molecule has 0 fully saturated rings. The van der Waals surface area contributed by atoms with Crippen molar-refractivity contribution in [1.29, 1.82) is 0 Å². The molecular weight excluding hydrogens is 474 g/mol. The van der Waals surface area contributed by atoms with E-state index >= 15 is 0 Å². The molecule has 0 aromatic heterocycles. The molecule has 0 amide bonds. The second-order valence-electron chi connectivity index (χ2n) is 7.39. The molecule has 0 heterocycles. The fourth-order valence-electron chi connectivity index (χ4n) is 3.92. The standard InChI is InChI=1S/C26H25.2ClH.Zr/c1-4-19-16-21-14-15-22(18(2)3)26(25(21)17-19)24-13-9-8-12-23(24)20-10-6-5-7-11-20;;;/h5-18H,4H2,1-3H3;2*1H;/q-1;;;+2/p-2. The van der Waals surface area contributed by atoms with Crippen molar-refractivity contribution in [2.45, 2.75) is 33.1 Å². The van der Waals surface area contributed by atoms with Crippen LogP contribution in [0.2, 0.25) is 0 Å². The van der Waals surface area contributed by atoms with E-state index in [2.05, 4.69) is 99.6 Å². The van der Waals surface area contributed by atoms with Crippen molar-refractivity contribution in [3.8, 4) is 22.3 Å². The van der Waals surface area contributed by atoms with E-state index in [1.807, 2.05) is 0 Å². The van der Waals surface area contributed by atoms with Gasteiger partial charge in [-0.3, -0.25) is 0 Å². The average molecular weight is 500 g/mol. The van der Waals surface area contributed by atoms with Crippen molar-refractivity contribution in [3.05, 3.63) is 90.0 Å². The van der Waals surface area contributed by atoms with Crippen LogP contribution in [0.15, 0.2) is 78.9 Å². The first-order chi connectivity index (χ1) is 14.1. The first kappa shape index (κ1) is 22.4. The SMILES string of the molecule is CCc1cc2c(-c3ccccc3-c3ccccc3)c(C(C)C)ccc2[cH-]1.[Cl][Zr][Cl]. The summed E-state index contributed by atoms with van der Waals surface area (Å²) in [5.74, 6) is 0.484. The molecule has 0 N–H and O–H groups in total. The Hall–Kier alpha value is -1.27. The van der Waals surface area contributed by atoms with Gasteiger partial charge in [-0.05, 0) is 29.0 Å². The van der Waals surface area contributed by atoms with Gasteiger partial charge in [0.25, 0.3) is 0 Å². The Morgan fingerprint density at radius 2 is 1.48 bits per heavy atom. The van der Waals surface area contributed by atoms with Crippen molar-refractivity contribution in [2.75, 3.05) is 0 Å². The van der Waals surface area contributed by atoms with Crippen LogP contribution in [0.4, 0.5) is 0 Å². The van der Waals surface area contributed by atoms with Crippen molar-refractivity contribution < 1.29 is 20.8 Å². The summed E-state index contributed by atoms with van der Waals surface area (Å²) >= 11 is -0.826. The Bertz CT molecular complexity index is 1060. The summed E-state index contributed by atoms with van der Waals surface area (Å²) in [6.45, 7) is 6.81. The normalized spacial score (nSPS) is 10.7. The van der Waals surface area contributed by atoms with Gasteiger partial charge in [-0.25, -0.2) is 0 Å². The third-order valence-corrected chi connectivity index (χ3v) is 5.29. The van der Waals surface area contributed by atoms with Crippen molar-refractivity contribution in [1.82, 2.24) is 0 Å². The molecule has 4 rings (SSSR count). The van der Waals surface area contributed by atoms with Gasteiger partial charge in [0.15, 0.2) is 0 Å². The van der Waals surface area contributed by atoms with Crippen LogP contribution in [0.3, 0.4) is 0 Å². The number of fused-ring (bicyclic) bond motifs is 1. The predicted molar refractivity (Wildman–Crippen MR) is 126 cm³/mol. The minimum absolute atomic E-state index is 0.484. The number of benzene rings is 3. The minimum atomic E-state index is -0.826. The van der Waals surface area contributed by atoms with Gasteiger partial charge in [0.1, 0.15) is 0 Å². The van der Waals surface area contributed by atoms with E-state index in [0.29, 0.717) is 5.92 Å². The summed E-state index contributed by atoms with van der Waals surface area (Å²) in [4.78, 5) is 0. The molecule has 0 unspecified atom stereocenters. The van der Waals surface area contributed by atoms with E-state index in [4.69, 9.17) is 17.0 Å². The molecule has 0 nitrogen and oxygen atoms in total. The molecule has 0 atom stereocenters. The van der Waals surface area contributed by atoms with Gasteiger partial charge >= 0.3 is 37.9 Å². The van der Waals surface area contributed by atoms with Crippen LogP contribution >= 0.6 is 17.0 Å². The van der Waals surface area contributed by atoms with E-state index in [1.165, 1.54) is 44.2 Å². The summed E-state index contributed by atoms with van der Waals surface area (Å²) in [7, 11) is 9.87. The number of hydrogen-bond donors (Lipinski definition) is 0. The van der Waals surface area contributed by atoms with Crippen LogP contribution in [0, 0.1) is 0 Å². The molecule has 0 saturated heterocycles. The summed E-state index contributed by atoms with van der Waals surface area (Å²) in [5.41, 5.74) is 8.16. The Balaban J connectivity index is 0.000000755. The summed E-state index contributed by atoms with van der Waals surface area (Å²) in [6.07, 6.45) is 1.07. The van der Waals surface area contributed by atoms with Crippen LogP contribution in [-0.4, -0.2) is 0 Å². The molecule has 0 radical (unpaired) electrons. The monoisotopic (exact) mass is 497 g/mol. The second-order valence-corrected chi connectivity index (χ2v) is 11.1. The number of aryl methyl sites for hydroxylation is 1. The van der Waals surface area contributed by atoms with Gasteiger partial charge in [0.2, 0.25) is 0 Å². The maximum atomic E-state index is 4.93. The maximum absolute atomic E-state index is 4.93. The van der Waals surface area contributed by atoms with Gasteiger partial charge in [0.05, 0.1) is 0 Å². The summed E-state index contributed by atoms with van der Waals surface area (Å²) in [6, 6.07) is 28.9. The Morgan fingerprint density at radius 1 is 0.862 bits per heavy atom. The van der Waals surface area contributed by atoms with Crippen LogP contribution in [0.25, 0.3) is 33.0 Å². The molecule has 0 saturated carbocycles. The molecule has 3 heteroatoms. The van der Waals surface area contributed by atoms with Gasteiger partial charge in [-0.1, -0.05) is 86.5 Å². The van der Waals surface area contributed by atoms with Gasteiger partial charge in [0, 0.05) is 0 Å². The third-order valence-electron chi connectivity index (χ3n) is 5.29. The predicted octanol–water partition coefficient (Wildman–Crippen LogP) is 8.95. The molecule has 0 aliphatic carbocycles. The molecule has 29 heavy (non-hydrogen) atoms. The zero-order chi connectivity index (χ0) is 20.8. The Kier molecular flexibility index (Phi) is 8.25. The van der Waals surface area contributed by atoms with Crippen LogP contribution in [0.5, 0.6) is 0 Å². The summed E-state index contributed by atoms with van der Waals surface area (Å²) < 4.78 is 0. The number of rotatable bonds is 4. The first-order valence-corrected chi connectivity index (χ1v) is 16.3. The molecule has 4 aromatic carbocycles. The van der Waals surface area contributed by atoms with Gasteiger partial charge in [-0.2, -0.15) is 6.07 Å². The fraction of sp³-hybridized carbons (Fsp3) is 0.192. The molecule has 0 aliphatic rings. The number of halogens is 2. The van der Waals surface area contributed by atoms with Crippen molar-refractivity contribution >= 4 is 27.8 Å². The zero-order valence-electron chi connectivity index (χ0n) is 17.0. The number of hydrogen-bond acceptors (Lipinski definition) is 0. The van der Waals surface area contributed by atoms with Crippen molar-refractivity contribution in [3.63, 3.8) is 0 Å². The van der Waals surface area contributed by atoms with Crippen LogP contribution in [0.1, 0.15) is 37.8 Å². The first-order valence-electron chi connectivity index (χ1n) is 9.94. The molecular formula is C26H25Cl2Zr-.